The minimum Gasteiger partial charge on any atom is -0.356 e. The van der Waals surface area contributed by atoms with Crippen molar-refractivity contribution in [3.8, 4) is 0 Å². The number of nitrogens with one attached hydrogen (secondary N) is 3. The molecule has 0 saturated heterocycles. The van der Waals surface area contributed by atoms with Crippen molar-refractivity contribution in [3.05, 3.63) is 0 Å². The molecular formula is C15H30N4O3S. The van der Waals surface area contributed by atoms with E-state index in [0.29, 0.717) is 25.5 Å². The lowest BCUT2D eigenvalue weighted by atomic mass is 9.85. The topological polar surface area (TPSA) is 99.7 Å². The largest absolute Gasteiger partial charge is 0.356 e. The summed E-state index contributed by atoms with van der Waals surface area (Å²) < 4.78 is 22.3. The summed E-state index contributed by atoms with van der Waals surface area (Å²) in [6.07, 6.45) is 5.80. The molecule has 0 aromatic heterocycles. The Kier molecular flexibility index (Phi) is 8.36. The van der Waals surface area contributed by atoms with Gasteiger partial charge in [0, 0.05) is 38.4 Å². The number of guanidine groups is 1. The average molecular weight is 346 g/mol. The lowest BCUT2D eigenvalue weighted by molar-refractivity contribution is -0.127. The zero-order chi connectivity index (χ0) is 17.3. The first-order chi connectivity index (χ1) is 10.8. The fourth-order valence-electron chi connectivity index (χ4n) is 2.21. The predicted molar refractivity (Wildman–Crippen MR) is 93.3 cm³/mol. The van der Waals surface area contributed by atoms with E-state index in [4.69, 9.17) is 0 Å². The van der Waals surface area contributed by atoms with Crippen LogP contribution in [0.5, 0.6) is 0 Å². The summed E-state index contributed by atoms with van der Waals surface area (Å²) in [7, 11) is -1.26. The fraction of sp³-hybridized carbons (Fsp3) is 0.867. The molecule has 23 heavy (non-hydrogen) atoms. The van der Waals surface area contributed by atoms with Gasteiger partial charge >= 0.3 is 0 Å². The van der Waals surface area contributed by atoms with Gasteiger partial charge in [-0.2, -0.15) is 0 Å². The van der Waals surface area contributed by atoms with E-state index in [0.717, 1.165) is 19.3 Å². The normalized spacial score (nSPS) is 17.3. The predicted octanol–water partition coefficient (Wildman–Crippen LogP) is 0.281. The van der Waals surface area contributed by atoms with Crippen molar-refractivity contribution in [2.24, 2.45) is 10.9 Å². The summed E-state index contributed by atoms with van der Waals surface area (Å²) in [6, 6.07) is 0.0224. The van der Waals surface area contributed by atoms with Gasteiger partial charge in [0.05, 0.1) is 5.75 Å². The van der Waals surface area contributed by atoms with Gasteiger partial charge in [-0.15, -0.1) is 0 Å². The Morgan fingerprint density at radius 2 is 1.91 bits per heavy atom. The van der Waals surface area contributed by atoms with Crippen LogP contribution in [0.15, 0.2) is 4.99 Å². The lowest BCUT2D eigenvalue weighted by Gasteiger charge is -2.24. The summed E-state index contributed by atoms with van der Waals surface area (Å²) in [5, 5.41) is 9.28. The fourth-order valence-corrected chi connectivity index (χ4v) is 2.99. The van der Waals surface area contributed by atoms with Gasteiger partial charge in [0.25, 0.3) is 0 Å². The molecule has 1 aliphatic carbocycles. The molecule has 1 amide bonds. The number of rotatable bonds is 9. The number of carbonyl (C=O) groups is 1. The highest BCUT2D eigenvalue weighted by Crippen LogP contribution is 2.25. The van der Waals surface area contributed by atoms with Crippen LogP contribution in [0.25, 0.3) is 0 Å². The van der Waals surface area contributed by atoms with Gasteiger partial charge in [-0.3, -0.25) is 9.79 Å². The highest BCUT2D eigenvalue weighted by Gasteiger charge is 2.24. The maximum Gasteiger partial charge on any atom is 0.223 e. The SMILES string of the molecule is CN=C(NCCCNC(=O)C1CCC1)NC(C)CCS(C)(=O)=O. The van der Waals surface area contributed by atoms with Crippen molar-refractivity contribution >= 4 is 21.7 Å². The van der Waals surface area contributed by atoms with Gasteiger partial charge in [0.15, 0.2) is 5.96 Å². The molecule has 7 nitrogen and oxygen atoms in total. The van der Waals surface area contributed by atoms with E-state index in [1.165, 1.54) is 12.7 Å². The second-order valence-electron chi connectivity index (χ2n) is 6.24. The molecule has 1 rings (SSSR count). The molecule has 0 bridgehead atoms. The molecule has 8 heteroatoms. The third-order valence-corrected chi connectivity index (χ3v) is 4.93. The van der Waals surface area contributed by atoms with Gasteiger partial charge in [0.2, 0.25) is 5.91 Å². The Balaban J connectivity index is 2.12. The Hall–Kier alpha value is -1.31. The Bertz CT molecular complexity index is 501. The summed E-state index contributed by atoms with van der Waals surface area (Å²) >= 11 is 0. The van der Waals surface area contributed by atoms with Crippen molar-refractivity contribution in [1.29, 1.82) is 0 Å². The van der Waals surface area contributed by atoms with Crippen LogP contribution in [0.4, 0.5) is 0 Å². The number of hydrogen-bond donors (Lipinski definition) is 3. The first-order valence-corrected chi connectivity index (χ1v) is 10.3. The van der Waals surface area contributed by atoms with E-state index in [9.17, 15) is 13.2 Å². The molecule has 1 saturated carbocycles. The second kappa shape index (κ2) is 9.75. The van der Waals surface area contributed by atoms with Crippen LogP contribution in [-0.2, 0) is 14.6 Å². The molecule has 134 valence electrons. The number of sulfone groups is 1. The molecule has 1 atom stereocenters. The zero-order valence-corrected chi connectivity index (χ0v) is 15.2. The van der Waals surface area contributed by atoms with E-state index in [1.807, 2.05) is 6.92 Å². The summed E-state index contributed by atoms with van der Waals surface area (Å²) in [5.41, 5.74) is 0. The van der Waals surface area contributed by atoms with Crippen molar-refractivity contribution in [2.75, 3.05) is 32.1 Å². The third-order valence-electron chi connectivity index (χ3n) is 3.95. The maximum atomic E-state index is 11.7. The van der Waals surface area contributed by atoms with E-state index in [2.05, 4.69) is 20.9 Å². The Morgan fingerprint density at radius 1 is 1.26 bits per heavy atom. The molecule has 0 aromatic rings. The minimum atomic E-state index is -2.94. The standard InChI is InChI=1S/C15H30N4O3S/c1-12(8-11-23(3,21)22)19-15(16-2)18-10-5-9-17-14(20)13-6-4-7-13/h12-13H,4-11H2,1-3H3,(H,17,20)(H2,16,18,19). The lowest BCUT2D eigenvalue weighted by Crippen LogP contribution is -2.43. The molecule has 1 fully saturated rings. The molecule has 0 radical (unpaired) electrons. The van der Waals surface area contributed by atoms with Gasteiger partial charge in [-0.1, -0.05) is 6.42 Å². The summed E-state index contributed by atoms with van der Waals surface area (Å²) in [4.78, 5) is 15.8. The van der Waals surface area contributed by atoms with Crippen LogP contribution in [0, 0.1) is 5.92 Å². The number of nitrogens with zero attached hydrogens (tertiary/aromatic N) is 1. The highest BCUT2D eigenvalue weighted by molar-refractivity contribution is 7.90. The van der Waals surface area contributed by atoms with E-state index in [-0.39, 0.29) is 23.6 Å². The molecule has 3 N–H and O–H groups in total. The number of hydrogen-bond acceptors (Lipinski definition) is 4. The van der Waals surface area contributed by atoms with Crippen molar-refractivity contribution in [1.82, 2.24) is 16.0 Å². The number of aliphatic imine (C=N–C) groups is 1. The molecular weight excluding hydrogens is 316 g/mol. The zero-order valence-electron chi connectivity index (χ0n) is 14.4. The number of carbonyl (C=O) groups excluding carboxylic acids is 1. The van der Waals surface area contributed by atoms with Crippen LogP contribution in [0.3, 0.4) is 0 Å². The van der Waals surface area contributed by atoms with Crippen LogP contribution in [0.1, 0.15) is 39.0 Å². The first kappa shape index (κ1) is 19.7. The van der Waals surface area contributed by atoms with E-state index >= 15 is 0 Å². The third kappa shape index (κ3) is 8.78. The summed E-state index contributed by atoms with van der Waals surface area (Å²) in [6.45, 7) is 3.28. The molecule has 0 heterocycles. The quantitative estimate of drug-likeness (QED) is 0.316. The first-order valence-electron chi connectivity index (χ1n) is 8.24. The van der Waals surface area contributed by atoms with Gasteiger partial charge in [-0.05, 0) is 32.6 Å². The van der Waals surface area contributed by atoms with Crippen molar-refractivity contribution < 1.29 is 13.2 Å². The van der Waals surface area contributed by atoms with Crippen LogP contribution < -0.4 is 16.0 Å². The monoisotopic (exact) mass is 346 g/mol. The van der Waals surface area contributed by atoms with Crippen LogP contribution in [0.2, 0.25) is 0 Å². The molecule has 0 aromatic carbocycles. The number of amides is 1. The van der Waals surface area contributed by atoms with Crippen molar-refractivity contribution in [3.63, 3.8) is 0 Å². The van der Waals surface area contributed by atoms with Gasteiger partial charge < -0.3 is 16.0 Å². The summed E-state index contributed by atoms with van der Waals surface area (Å²) in [5.74, 6) is 1.21. The molecule has 0 spiro atoms. The molecule has 0 aliphatic heterocycles. The second-order valence-corrected chi connectivity index (χ2v) is 8.50. The minimum absolute atomic E-state index is 0.0224. The molecule has 1 unspecified atom stereocenters. The smallest absolute Gasteiger partial charge is 0.223 e. The Labute approximate surface area is 139 Å². The van der Waals surface area contributed by atoms with Gasteiger partial charge in [0.1, 0.15) is 9.84 Å². The average Bonchev–Trinajstić information content (AvgIpc) is 2.40. The highest BCUT2D eigenvalue weighted by atomic mass is 32.2. The van der Waals surface area contributed by atoms with Crippen molar-refractivity contribution in [2.45, 2.75) is 45.1 Å². The van der Waals surface area contributed by atoms with Gasteiger partial charge in [-0.25, -0.2) is 8.42 Å². The Morgan fingerprint density at radius 3 is 2.43 bits per heavy atom. The maximum absolute atomic E-state index is 11.7. The van der Waals surface area contributed by atoms with Crippen LogP contribution in [-0.4, -0.2) is 58.5 Å². The molecule has 1 aliphatic rings. The van der Waals surface area contributed by atoms with Crippen LogP contribution >= 0.6 is 0 Å². The van der Waals surface area contributed by atoms with E-state index in [1.54, 1.807) is 7.05 Å². The van der Waals surface area contributed by atoms with E-state index < -0.39 is 9.84 Å².